The lowest BCUT2D eigenvalue weighted by atomic mass is 10.4. The van der Waals surface area contributed by atoms with Gasteiger partial charge in [0.1, 0.15) is 5.69 Å². The number of carbonyl (C=O) groups excluding carboxylic acids is 1. The van der Waals surface area contributed by atoms with Gasteiger partial charge in [0.15, 0.2) is 0 Å². The standard InChI is InChI=1S/C10H13N3O2/c1-4-13(15-5-2)10(14)9-7-11-6-8(3)12-9/h3,6-7H,4-5H2,1-2H3. The third-order valence-electron chi connectivity index (χ3n) is 1.67. The Morgan fingerprint density at radius 1 is 1.53 bits per heavy atom. The molecule has 0 N–H and O–H groups in total. The number of amides is 1. The Morgan fingerprint density at radius 3 is 2.80 bits per heavy atom. The van der Waals surface area contributed by atoms with Gasteiger partial charge < -0.3 is 0 Å². The summed E-state index contributed by atoms with van der Waals surface area (Å²) in [6.07, 6.45) is 2.74. The fourth-order valence-electron chi connectivity index (χ4n) is 1.06. The molecule has 0 saturated heterocycles. The highest BCUT2D eigenvalue weighted by Gasteiger charge is 2.16. The molecule has 1 amide bonds. The minimum atomic E-state index is -0.334. The van der Waals surface area contributed by atoms with Gasteiger partial charge in [-0.25, -0.2) is 10.0 Å². The lowest BCUT2D eigenvalue weighted by molar-refractivity contribution is -0.115. The summed E-state index contributed by atoms with van der Waals surface area (Å²) in [7, 11) is 0. The highest BCUT2D eigenvalue weighted by molar-refractivity contribution is 5.91. The van der Waals surface area contributed by atoms with E-state index >= 15 is 0 Å². The maximum Gasteiger partial charge on any atom is 0.297 e. The number of aromatic nitrogens is 2. The first-order chi connectivity index (χ1) is 7.19. The summed E-state index contributed by atoms with van der Waals surface area (Å²) in [5.74, 6) is -0.334. The van der Waals surface area contributed by atoms with E-state index in [1.165, 1.54) is 17.5 Å². The smallest absolute Gasteiger partial charge is 0.271 e. The average Bonchev–Trinajstić information content (AvgIpc) is 2.25. The molecule has 0 atom stereocenters. The van der Waals surface area contributed by atoms with Crippen molar-refractivity contribution in [3.8, 4) is 0 Å². The molecular weight excluding hydrogens is 194 g/mol. The number of nitrogens with zero attached hydrogens (tertiary/aromatic N) is 3. The zero-order chi connectivity index (χ0) is 11.3. The fraction of sp³-hybridized carbons (Fsp3) is 0.400. The third kappa shape index (κ3) is 2.99. The van der Waals surface area contributed by atoms with Crippen LogP contribution in [0.2, 0.25) is 0 Å². The molecule has 1 aromatic rings. The molecular formula is C10H13N3O2. The number of hydrogen-bond donors (Lipinski definition) is 0. The SMILES string of the molecule is [CH]c1cncc(C(=O)N(CC)OCC)n1. The van der Waals surface area contributed by atoms with Crippen LogP contribution in [0.1, 0.15) is 30.0 Å². The summed E-state index contributed by atoms with van der Waals surface area (Å²) < 4.78 is 0. The number of rotatable bonds is 4. The summed E-state index contributed by atoms with van der Waals surface area (Å²) in [5, 5.41) is 1.23. The largest absolute Gasteiger partial charge is 0.297 e. The molecule has 0 fully saturated rings. The topological polar surface area (TPSA) is 55.3 Å². The Bertz CT molecular complexity index is 341. The van der Waals surface area contributed by atoms with Crippen LogP contribution in [0, 0.1) is 6.92 Å². The molecule has 0 unspecified atom stereocenters. The van der Waals surface area contributed by atoms with Crippen LogP contribution in [0.4, 0.5) is 0 Å². The van der Waals surface area contributed by atoms with E-state index in [1.54, 1.807) is 6.92 Å². The summed E-state index contributed by atoms with van der Waals surface area (Å²) in [6, 6.07) is 0. The van der Waals surface area contributed by atoms with Crippen molar-refractivity contribution in [3.05, 3.63) is 30.7 Å². The molecule has 1 rings (SSSR count). The quantitative estimate of drug-likeness (QED) is 0.690. The van der Waals surface area contributed by atoms with Crippen LogP contribution in [-0.4, -0.2) is 34.1 Å². The van der Waals surface area contributed by atoms with Gasteiger partial charge in [-0.3, -0.25) is 14.6 Å². The Hall–Kier alpha value is -1.49. The molecule has 0 aromatic carbocycles. The predicted molar refractivity (Wildman–Crippen MR) is 53.8 cm³/mol. The lowest BCUT2D eigenvalue weighted by Crippen LogP contribution is -2.31. The van der Waals surface area contributed by atoms with E-state index in [2.05, 4.69) is 9.97 Å². The van der Waals surface area contributed by atoms with Crippen molar-refractivity contribution in [2.24, 2.45) is 0 Å². The first-order valence-corrected chi connectivity index (χ1v) is 4.71. The molecule has 80 valence electrons. The van der Waals surface area contributed by atoms with Crippen molar-refractivity contribution in [3.63, 3.8) is 0 Å². The Balaban J connectivity index is 2.82. The van der Waals surface area contributed by atoms with Crippen LogP contribution < -0.4 is 0 Å². The molecule has 0 aliphatic heterocycles. The van der Waals surface area contributed by atoms with Gasteiger partial charge in [0, 0.05) is 19.7 Å². The van der Waals surface area contributed by atoms with Crippen LogP contribution in [0.3, 0.4) is 0 Å². The molecule has 0 saturated carbocycles. The molecule has 1 heterocycles. The van der Waals surface area contributed by atoms with E-state index in [0.29, 0.717) is 13.2 Å². The molecule has 0 bridgehead atoms. The molecule has 1 aromatic heterocycles. The highest BCUT2D eigenvalue weighted by Crippen LogP contribution is 2.02. The van der Waals surface area contributed by atoms with Gasteiger partial charge in [0.25, 0.3) is 5.91 Å². The van der Waals surface area contributed by atoms with E-state index in [0.717, 1.165) is 0 Å². The number of hydroxylamine groups is 2. The second kappa shape index (κ2) is 5.41. The van der Waals surface area contributed by atoms with Crippen molar-refractivity contribution in [2.45, 2.75) is 13.8 Å². The van der Waals surface area contributed by atoms with Crippen molar-refractivity contribution >= 4 is 5.91 Å². The van der Waals surface area contributed by atoms with E-state index in [-0.39, 0.29) is 17.3 Å². The van der Waals surface area contributed by atoms with Gasteiger partial charge in [-0.05, 0) is 13.8 Å². The van der Waals surface area contributed by atoms with Crippen molar-refractivity contribution in [1.82, 2.24) is 15.0 Å². The normalized spacial score (nSPS) is 10.1. The molecule has 2 radical (unpaired) electrons. The zero-order valence-corrected chi connectivity index (χ0v) is 8.80. The molecule has 0 aliphatic rings. The Labute approximate surface area is 89.0 Å². The lowest BCUT2D eigenvalue weighted by Gasteiger charge is -2.18. The number of hydrogen-bond acceptors (Lipinski definition) is 4. The highest BCUT2D eigenvalue weighted by atomic mass is 16.7. The van der Waals surface area contributed by atoms with Gasteiger partial charge >= 0.3 is 0 Å². The predicted octanol–water partition coefficient (Wildman–Crippen LogP) is 0.949. The number of carbonyl (C=O) groups is 1. The minimum Gasteiger partial charge on any atom is -0.271 e. The Morgan fingerprint density at radius 2 is 2.27 bits per heavy atom. The summed E-state index contributed by atoms with van der Waals surface area (Å²) in [4.78, 5) is 24.5. The monoisotopic (exact) mass is 207 g/mol. The van der Waals surface area contributed by atoms with E-state index in [4.69, 9.17) is 11.8 Å². The van der Waals surface area contributed by atoms with Gasteiger partial charge in [0.2, 0.25) is 0 Å². The van der Waals surface area contributed by atoms with Gasteiger partial charge in [-0.2, -0.15) is 0 Å². The maximum absolute atomic E-state index is 11.8. The van der Waals surface area contributed by atoms with Gasteiger partial charge in [-0.1, -0.05) is 0 Å². The summed E-state index contributed by atoms with van der Waals surface area (Å²) >= 11 is 0. The second-order valence-corrected chi connectivity index (χ2v) is 2.75. The van der Waals surface area contributed by atoms with Crippen molar-refractivity contribution in [2.75, 3.05) is 13.2 Å². The molecule has 15 heavy (non-hydrogen) atoms. The van der Waals surface area contributed by atoms with E-state index in [9.17, 15) is 4.79 Å². The van der Waals surface area contributed by atoms with Gasteiger partial charge in [0.05, 0.1) is 18.5 Å². The van der Waals surface area contributed by atoms with E-state index in [1.807, 2.05) is 6.92 Å². The first-order valence-electron chi connectivity index (χ1n) is 4.71. The zero-order valence-electron chi connectivity index (χ0n) is 8.80. The minimum absolute atomic E-state index is 0.185. The third-order valence-corrected chi connectivity index (χ3v) is 1.67. The summed E-state index contributed by atoms with van der Waals surface area (Å²) in [6.45, 7) is 9.92. The van der Waals surface area contributed by atoms with Crippen LogP contribution in [0.5, 0.6) is 0 Å². The van der Waals surface area contributed by atoms with Crippen molar-refractivity contribution in [1.29, 1.82) is 0 Å². The fourth-order valence-corrected chi connectivity index (χ4v) is 1.06. The van der Waals surface area contributed by atoms with Gasteiger partial charge in [-0.15, -0.1) is 0 Å². The summed E-state index contributed by atoms with van der Waals surface area (Å²) in [5.41, 5.74) is 0.402. The van der Waals surface area contributed by atoms with E-state index < -0.39 is 0 Å². The van der Waals surface area contributed by atoms with Crippen LogP contribution in [0.15, 0.2) is 12.4 Å². The molecule has 5 heteroatoms. The van der Waals surface area contributed by atoms with Crippen LogP contribution in [0.25, 0.3) is 0 Å². The molecule has 0 spiro atoms. The van der Waals surface area contributed by atoms with Crippen molar-refractivity contribution < 1.29 is 9.63 Å². The first kappa shape index (κ1) is 11.6. The molecule has 0 aliphatic carbocycles. The maximum atomic E-state index is 11.8. The van der Waals surface area contributed by atoms with Crippen LogP contribution >= 0.6 is 0 Å². The molecule has 5 nitrogen and oxygen atoms in total. The average molecular weight is 207 g/mol. The van der Waals surface area contributed by atoms with Crippen LogP contribution in [-0.2, 0) is 4.84 Å². The Kier molecular flexibility index (Phi) is 4.17. The second-order valence-electron chi connectivity index (χ2n) is 2.75.